The lowest BCUT2D eigenvalue weighted by molar-refractivity contribution is 0.103. The summed E-state index contributed by atoms with van der Waals surface area (Å²) in [5.74, 6) is 1.98. The van der Waals surface area contributed by atoms with Gasteiger partial charge in [-0.1, -0.05) is 112 Å². The van der Waals surface area contributed by atoms with E-state index in [1.54, 1.807) is 6.07 Å². The molecule has 6 rings (SSSR count). The minimum absolute atomic E-state index is 0.0276. The molecule has 1 aliphatic rings. The van der Waals surface area contributed by atoms with Crippen LogP contribution in [0.2, 0.25) is 0 Å². The summed E-state index contributed by atoms with van der Waals surface area (Å²) in [6.45, 7) is 6.64. The Labute approximate surface area is 259 Å². The Hall–Kier alpha value is -5.15. The van der Waals surface area contributed by atoms with Crippen molar-refractivity contribution in [2.24, 2.45) is 11.3 Å². The fourth-order valence-corrected chi connectivity index (χ4v) is 5.61. The van der Waals surface area contributed by atoms with E-state index in [4.69, 9.17) is 4.74 Å². The van der Waals surface area contributed by atoms with Crippen molar-refractivity contribution < 1.29 is 14.6 Å². The van der Waals surface area contributed by atoms with Crippen molar-refractivity contribution in [2.75, 3.05) is 0 Å². The number of rotatable bonds is 7. The monoisotopic (exact) mass is 576 g/mol. The zero-order valence-electron chi connectivity index (χ0n) is 25.3. The van der Waals surface area contributed by atoms with Crippen molar-refractivity contribution >= 4 is 5.78 Å². The van der Waals surface area contributed by atoms with E-state index < -0.39 is 0 Å². The highest BCUT2D eigenvalue weighted by Crippen LogP contribution is 2.40. The lowest BCUT2D eigenvalue weighted by Gasteiger charge is -2.29. The highest BCUT2D eigenvalue weighted by Gasteiger charge is 2.25. The first-order chi connectivity index (χ1) is 21.3. The number of allylic oxidation sites excluding steroid dienone is 4. The van der Waals surface area contributed by atoms with Crippen LogP contribution in [0.4, 0.5) is 0 Å². The quantitative estimate of drug-likeness (QED) is 0.196. The van der Waals surface area contributed by atoms with E-state index in [0.29, 0.717) is 23.0 Å². The number of aromatic hydroxyl groups is 1. The first kappa shape index (κ1) is 28.9. The molecule has 5 aromatic carbocycles. The maximum atomic E-state index is 13.3. The fourth-order valence-electron chi connectivity index (χ4n) is 5.61. The van der Waals surface area contributed by atoms with Gasteiger partial charge in [0.15, 0.2) is 5.78 Å². The van der Waals surface area contributed by atoms with Crippen molar-refractivity contribution in [1.82, 2.24) is 0 Å². The van der Waals surface area contributed by atoms with Gasteiger partial charge < -0.3 is 9.84 Å². The van der Waals surface area contributed by atoms with Crippen LogP contribution < -0.4 is 4.74 Å². The molecule has 1 aliphatic carbocycles. The van der Waals surface area contributed by atoms with Gasteiger partial charge >= 0.3 is 0 Å². The molecule has 0 amide bonds. The molecule has 0 saturated carbocycles. The van der Waals surface area contributed by atoms with E-state index in [1.807, 2.05) is 103 Å². The molecule has 218 valence electrons. The molecule has 44 heavy (non-hydrogen) atoms. The minimum Gasteiger partial charge on any atom is -0.507 e. The van der Waals surface area contributed by atoms with Crippen molar-refractivity contribution in [3.05, 3.63) is 151 Å². The van der Waals surface area contributed by atoms with Gasteiger partial charge in [0.1, 0.15) is 17.2 Å². The molecule has 1 atom stereocenters. The maximum Gasteiger partial charge on any atom is 0.192 e. The third kappa shape index (κ3) is 6.28. The topological polar surface area (TPSA) is 46.5 Å². The average Bonchev–Trinajstić information content (AvgIpc) is 3.06. The molecule has 3 heteroatoms. The highest BCUT2D eigenvalue weighted by molar-refractivity contribution is 6.10. The molecule has 5 aromatic rings. The number of carbonyl (C=O) groups is 1. The highest BCUT2D eigenvalue weighted by atomic mass is 16.5. The summed E-state index contributed by atoms with van der Waals surface area (Å²) >= 11 is 0. The van der Waals surface area contributed by atoms with Gasteiger partial charge in [-0.15, -0.1) is 0 Å². The third-order valence-electron chi connectivity index (χ3n) is 8.27. The molecule has 3 nitrogen and oxygen atoms in total. The molecule has 0 bridgehead atoms. The molecular weight excluding hydrogens is 540 g/mol. The van der Waals surface area contributed by atoms with Crippen molar-refractivity contribution in [3.8, 4) is 50.6 Å². The number of hydrogen-bond donors (Lipinski definition) is 1. The van der Waals surface area contributed by atoms with Crippen LogP contribution >= 0.6 is 0 Å². The first-order valence-corrected chi connectivity index (χ1v) is 15.1. The minimum atomic E-state index is 0.0276. The molecule has 0 saturated heterocycles. The van der Waals surface area contributed by atoms with Crippen molar-refractivity contribution in [3.63, 3.8) is 0 Å². The molecule has 1 unspecified atom stereocenters. The van der Waals surface area contributed by atoms with Crippen LogP contribution in [0.1, 0.15) is 37.6 Å². The summed E-state index contributed by atoms with van der Waals surface area (Å²) in [6.07, 6.45) is 7.13. The van der Waals surface area contributed by atoms with E-state index in [0.717, 1.165) is 45.4 Å². The largest absolute Gasteiger partial charge is 0.507 e. The average molecular weight is 577 g/mol. The van der Waals surface area contributed by atoms with Gasteiger partial charge in [-0.25, -0.2) is 0 Å². The summed E-state index contributed by atoms with van der Waals surface area (Å²) in [6, 6.07) is 39.3. The Bertz CT molecular complexity index is 1840. The van der Waals surface area contributed by atoms with E-state index in [2.05, 4.69) is 51.1 Å². The van der Waals surface area contributed by atoms with Crippen LogP contribution in [-0.4, -0.2) is 10.9 Å². The second kappa shape index (κ2) is 12.2. The second-order valence-electron chi connectivity index (χ2n) is 12.4. The summed E-state index contributed by atoms with van der Waals surface area (Å²) in [5, 5.41) is 10.6. The van der Waals surface area contributed by atoms with Gasteiger partial charge in [-0.05, 0) is 88.5 Å². The third-order valence-corrected chi connectivity index (χ3v) is 8.27. The predicted octanol–water partition coefficient (Wildman–Crippen LogP) is 10.9. The SMILES string of the molecule is CC(C)(C)C1C=C(C(=O)c2ccc(Oc3ccc(-c4ccc(O)c(-c5ccccc5)c4)cc3-c3ccccc3)cc2)C=CC1. The molecule has 0 aliphatic heterocycles. The van der Waals surface area contributed by atoms with Gasteiger partial charge in [-0.3, -0.25) is 4.79 Å². The maximum absolute atomic E-state index is 13.3. The number of ether oxygens (including phenoxy) is 1. The normalized spacial score (nSPS) is 14.6. The lowest BCUT2D eigenvalue weighted by Crippen LogP contribution is -2.21. The van der Waals surface area contributed by atoms with Gasteiger partial charge in [-0.2, -0.15) is 0 Å². The van der Waals surface area contributed by atoms with Gasteiger partial charge in [0.25, 0.3) is 0 Å². The van der Waals surface area contributed by atoms with E-state index in [-0.39, 0.29) is 16.9 Å². The molecule has 0 radical (unpaired) electrons. The molecule has 0 spiro atoms. The molecule has 0 heterocycles. The van der Waals surface area contributed by atoms with Gasteiger partial charge in [0.2, 0.25) is 0 Å². The Balaban J connectivity index is 1.29. The molecule has 0 fully saturated rings. The Morgan fingerprint density at radius 1 is 0.705 bits per heavy atom. The van der Waals surface area contributed by atoms with Gasteiger partial charge in [0.05, 0.1) is 0 Å². The summed E-state index contributed by atoms with van der Waals surface area (Å²) in [5.41, 5.74) is 7.22. The summed E-state index contributed by atoms with van der Waals surface area (Å²) < 4.78 is 6.43. The molecular formula is C41H36O3. The predicted molar refractivity (Wildman–Crippen MR) is 180 cm³/mol. The first-order valence-electron chi connectivity index (χ1n) is 15.1. The number of benzene rings is 5. The zero-order chi connectivity index (χ0) is 30.7. The van der Waals surface area contributed by atoms with Crippen molar-refractivity contribution in [2.45, 2.75) is 27.2 Å². The summed E-state index contributed by atoms with van der Waals surface area (Å²) in [7, 11) is 0. The molecule has 1 N–H and O–H groups in total. The number of hydrogen-bond acceptors (Lipinski definition) is 3. The second-order valence-corrected chi connectivity index (χ2v) is 12.4. The fraction of sp³-hybridized carbons (Fsp3) is 0.146. The Morgan fingerprint density at radius 2 is 1.30 bits per heavy atom. The van der Waals surface area contributed by atoms with E-state index in [1.165, 1.54) is 0 Å². The number of phenolic OH excluding ortho intramolecular Hbond substituents is 1. The Morgan fingerprint density at radius 3 is 1.93 bits per heavy atom. The number of phenols is 1. The number of ketones is 1. The lowest BCUT2D eigenvalue weighted by atomic mass is 9.75. The van der Waals surface area contributed by atoms with Crippen LogP contribution in [0, 0.1) is 11.3 Å². The summed E-state index contributed by atoms with van der Waals surface area (Å²) in [4.78, 5) is 13.3. The molecule has 0 aromatic heterocycles. The van der Waals surface area contributed by atoms with Crippen LogP contribution in [0.15, 0.2) is 145 Å². The smallest absolute Gasteiger partial charge is 0.192 e. The van der Waals surface area contributed by atoms with Crippen molar-refractivity contribution in [1.29, 1.82) is 0 Å². The van der Waals surface area contributed by atoms with Crippen LogP contribution in [0.25, 0.3) is 33.4 Å². The van der Waals surface area contributed by atoms with E-state index in [9.17, 15) is 9.90 Å². The Kier molecular flexibility index (Phi) is 8.04. The van der Waals surface area contributed by atoms with Crippen LogP contribution in [0.5, 0.6) is 17.2 Å². The van der Waals surface area contributed by atoms with Crippen LogP contribution in [-0.2, 0) is 0 Å². The number of carbonyl (C=O) groups excluding carboxylic acids is 1. The van der Waals surface area contributed by atoms with E-state index >= 15 is 0 Å². The zero-order valence-corrected chi connectivity index (χ0v) is 25.3. The standard InChI is InChI=1S/C41H36O3/c1-41(2,3)34-16-10-15-33(25-34)40(43)30-17-21-35(22-18-30)44-39-24-20-32(27-37(39)29-13-8-5-9-14-29)31-19-23-38(42)36(26-31)28-11-6-4-7-12-28/h4-15,17-27,34,42H,16H2,1-3H3. The number of Topliss-reactive ketones (excluding diaryl/α,β-unsaturated/α-hetero) is 1. The van der Waals surface area contributed by atoms with Gasteiger partial charge in [0, 0.05) is 22.3 Å². The van der Waals surface area contributed by atoms with Crippen LogP contribution in [0.3, 0.4) is 0 Å².